The van der Waals surface area contributed by atoms with E-state index in [2.05, 4.69) is 0 Å². The maximum Gasteiger partial charge on any atom is 0.314 e. The number of esters is 1. The summed E-state index contributed by atoms with van der Waals surface area (Å²) in [6.07, 6.45) is 0. The zero-order chi connectivity index (χ0) is 14.0. The topological polar surface area (TPSA) is 46.5 Å². The zero-order valence-corrected chi connectivity index (χ0v) is 11.4. The number of aromatic hydroxyl groups is 1. The Morgan fingerprint density at radius 3 is 2.32 bits per heavy atom. The Hall–Kier alpha value is -2.03. The summed E-state index contributed by atoms with van der Waals surface area (Å²) >= 11 is 0. The van der Waals surface area contributed by atoms with E-state index in [0.29, 0.717) is 11.1 Å². The highest BCUT2D eigenvalue weighted by Crippen LogP contribution is 2.32. The Morgan fingerprint density at radius 2 is 1.68 bits per heavy atom. The van der Waals surface area contributed by atoms with Crippen LogP contribution in [0, 0.1) is 11.8 Å². The van der Waals surface area contributed by atoms with Crippen molar-refractivity contribution in [3.63, 3.8) is 0 Å². The highest BCUT2D eigenvalue weighted by molar-refractivity contribution is 5.94. The van der Waals surface area contributed by atoms with Crippen LogP contribution in [-0.2, 0) is 4.79 Å². The summed E-state index contributed by atoms with van der Waals surface area (Å²) in [5.74, 6) is 0.507. The lowest BCUT2D eigenvalue weighted by Crippen LogP contribution is -2.22. The van der Waals surface area contributed by atoms with E-state index in [4.69, 9.17) is 4.74 Å². The fourth-order valence-corrected chi connectivity index (χ4v) is 1.82. The summed E-state index contributed by atoms with van der Waals surface area (Å²) in [4.78, 5) is 12.0. The number of carbonyl (C=O) groups excluding carboxylic acids is 1. The SMILES string of the molecule is CC(C)C(C)C(=O)Oc1ccc(O)c2ccccc12. The van der Waals surface area contributed by atoms with Gasteiger partial charge in [0.25, 0.3) is 0 Å². The second-order valence-electron chi connectivity index (χ2n) is 5.08. The fraction of sp³-hybridized carbons (Fsp3) is 0.312. The summed E-state index contributed by atoms with van der Waals surface area (Å²) in [5, 5.41) is 11.2. The van der Waals surface area contributed by atoms with Crippen molar-refractivity contribution in [2.75, 3.05) is 0 Å². The fourth-order valence-electron chi connectivity index (χ4n) is 1.82. The number of phenols is 1. The maximum atomic E-state index is 12.0. The van der Waals surface area contributed by atoms with Gasteiger partial charge >= 0.3 is 5.97 Å². The van der Waals surface area contributed by atoms with Gasteiger partial charge in [-0.2, -0.15) is 0 Å². The van der Waals surface area contributed by atoms with Gasteiger partial charge in [0, 0.05) is 10.8 Å². The molecule has 0 saturated heterocycles. The van der Waals surface area contributed by atoms with E-state index in [0.717, 1.165) is 5.39 Å². The van der Waals surface area contributed by atoms with Crippen LogP contribution >= 0.6 is 0 Å². The highest BCUT2D eigenvalue weighted by atomic mass is 16.5. The highest BCUT2D eigenvalue weighted by Gasteiger charge is 2.20. The normalized spacial score (nSPS) is 12.6. The van der Waals surface area contributed by atoms with Gasteiger partial charge in [-0.15, -0.1) is 0 Å². The molecular weight excluding hydrogens is 240 g/mol. The summed E-state index contributed by atoms with van der Waals surface area (Å²) in [7, 11) is 0. The first-order valence-corrected chi connectivity index (χ1v) is 6.43. The molecule has 1 unspecified atom stereocenters. The van der Waals surface area contributed by atoms with Crippen molar-refractivity contribution in [1.29, 1.82) is 0 Å². The first kappa shape index (κ1) is 13.4. The number of phenolic OH excluding ortho intramolecular Hbond substituents is 1. The molecular formula is C16H18O3. The minimum Gasteiger partial charge on any atom is -0.507 e. The lowest BCUT2D eigenvalue weighted by molar-refractivity contribution is -0.139. The molecule has 0 bridgehead atoms. The number of carbonyl (C=O) groups is 1. The second kappa shape index (κ2) is 5.31. The van der Waals surface area contributed by atoms with Crippen LogP contribution in [0.1, 0.15) is 20.8 Å². The molecule has 0 saturated carbocycles. The van der Waals surface area contributed by atoms with Crippen LogP contribution in [0.25, 0.3) is 10.8 Å². The van der Waals surface area contributed by atoms with Crippen LogP contribution in [0.2, 0.25) is 0 Å². The van der Waals surface area contributed by atoms with Gasteiger partial charge in [0.05, 0.1) is 5.92 Å². The number of fused-ring (bicyclic) bond motifs is 1. The average Bonchev–Trinajstić information content (AvgIpc) is 2.41. The van der Waals surface area contributed by atoms with Crippen LogP contribution < -0.4 is 4.74 Å². The molecule has 0 fully saturated rings. The largest absolute Gasteiger partial charge is 0.507 e. The van der Waals surface area contributed by atoms with Gasteiger partial charge in [-0.3, -0.25) is 4.79 Å². The van der Waals surface area contributed by atoms with E-state index in [1.807, 2.05) is 39.0 Å². The lowest BCUT2D eigenvalue weighted by Gasteiger charge is -2.15. The Kier molecular flexibility index (Phi) is 3.74. The number of ether oxygens (including phenoxy) is 1. The molecule has 1 N–H and O–H groups in total. The molecule has 19 heavy (non-hydrogen) atoms. The molecule has 1 atom stereocenters. The van der Waals surface area contributed by atoms with Crippen LogP contribution in [0.5, 0.6) is 11.5 Å². The van der Waals surface area contributed by atoms with Gasteiger partial charge in [0.15, 0.2) is 0 Å². The van der Waals surface area contributed by atoms with Crippen LogP contribution in [0.15, 0.2) is 36.4 Å². The summed E-state index contributed by atoms with van der Waals surface area (Å²) < 4.78 is 5.46. The molecule has 2 rings (SSSR count). The van der Waals surface area contributed by atoms with Crippen molar-refractivity contribution in [1.82, 2.24) is 0 Å². The first-order valence-electron chi connectivity index (χ1n) is 6.43. The quantitative estimate of drug-likeness (QED) is 0.673. The lowest BCUT2D eigenvalue weighted by atomic mass is 9.98. The predicted molar refractivity (Wildman–Crippen MR) is 75.2 cm³/mol. The Labute approximate surface area is 112 Å². The standard InChI is InChI=1S/C16H18O3/c1-10(2)11(3)16(18)19-15-9-8-14(17)12-6-4-5-7-13(12)15/h4-11,17H,1-3H3. The summed E-state index contributed by atoms with van der Waals surface area (Å²) in [6, 6.07) is 10.5. The Morgan fingerprint density at radius 1 is 1.05 bits per heavy atom. The molecule has 0 heterocycles. The molecule has 3 heteroatoms. The van der Waals surface area contributed by atoms with Crippen molar-refractivity contribution >= 4 is 16.7 Å². The number of hydrogen-bond acceptors (Lipinski definition) is 3. The summed E-state index contributed by atoms with van der Waals surface area (Å²) in [5.41, 5.74) is 0. The van der Waals surface area contributed by atoms with Gasteiger partial charge in [-0.05, 0) is 18.1 Å². The van der Waals surface area contributed by atoms with Crippen LogP contribution in [0.3, 0.4) is 0 Å². The molecule has 0 aromatic heterocycles. The second-order valence-corrected chi connectivity index (χ2v) is 5.08. The van der Waals surface area contributed by atoms with Crippen LogP contribution in [0.4, 0.5) is 0 Å². The molecule has 100 valence electrons. The average molecular weight is 258 g/mol. The van der Waals surface area contributed by atoms with Gasteiger partial charge < -0.3 is 9.84 Å². The van der Waals surface area contributed by atoms with E-state index in [1.165, 1.54) is 0 Å². The molecule has 0 aliphatic heterocycles. The molecule has 3 nitrogen and oxygen atoms in total. The molecule has 0 spiro atoms. The van der Waals surface area contributed by atoms with Crippen molar-refractivity contribution in [3.05, 3.63) is 36.4 Å². The molecule has 2 aromatic rings. The van der Waals surface area contributed by atoms with Gasteiger partial charge in [-0.25, -0.2) is 0 Å². The molecule has 0 radical (unpaired) electrons. The van der Waals surface area contributed by atoms with Gasteiger partial charge in [0.1, 0.15) is 11.5 Å². The molecule has 2 aromatic carbocycles. The van der Waals surface area contributed by atoms with Crippen molar-refractivity contribution in [2.24, 2.45) is 11.8 Å². The Bertz CT molecular complexity index is 602. The monoisotopic (exact) mass is 258 g/mol. The maximum absolute atomic E-state index is 12.0. The van der Waals surface area contributed by atoms with Crippen molar-refractivity contribution in [3.8, 4) is 11.5 Å². The summed E-state index contributed by atoms with van der Waals surface area (Å²) in [6.45, 7) is 5.83. The first-order chi connectivity index (χ1) is 9.00. The van der Waals surface area contributed by atoms with E-state index < -0.39 is 0 Å². The number of benzene rings is 2. The van der Waals surface area contributed by atoms with E-state index in [9.17, 15) is 9.90 Å². The third kappa shape index (κ3) is 2.70. The molecule has 0 aliphatic rings. The minimum absolute atomic E-state index is 0.160. The Balaban J connectivity index is 2.36. The number of hydrogen-bond donors (Lipinski definition) is 1. The zero-order valence-electron chi connectivity index (χ0n) is 11.4. The number of rotatable bonds is 3. The van der Waals surface area contributed by atoms with Gasteiger partial charge in [0.2, 0.25) is 0 Å². The third-order valence-corrected chi connectivity index (χ3v) is 3.44. The van der Waals surface area contributed by atoms with Crippen molar-refractivity contribution in [2.45, 2.75) is 20.8 Å². The van der Waals surface area contributed by atoms with E-state index in [-0.39, 0.29) is 23.6 Å². The van der Waals surface area contributed by atoms with E-state index in [1.54, 1.807) is 18.2 Å². The van der Waals surface area contributed by atoms with Crippen LogP contribution in [-0.4, -0.2) is 11.1 Å². The van der Waals surface area contributed by atoms with Crippen molar-refractivity contribution < 1.29 is 14.6 Å². The third-order valence-electron chi connectivity index (χ3n) is 3.44. The minimum atomic E-state index is -0.245. The van der Waals surface area contributed by atoms with Gasteiger partial charge in [-0.1, -0.05) is 45.0 Å². The van der Waals surface area contributed by atoms with E-state index >= 15 is 0 Å². The molecule has 0 amide bonds. The smallest absolute Gasteiger partial charge is 0.314 e. The molecule has 0 aliphatic carbocycles. The predicted octanol–water partition coefficient (Wildman–Crippen LogP) is 3.74.